The van der Waals surface area contributed by atoms with Crippen molar-refractivity contribution in [3.05, 3.63) is 65.7 Å². The second kappa shape index (κ2) is 11.1. The van der Waals surface area contributed by atoms with Gasteiger partial charge in [0.2, 0.25) is 5.79 Å². The van der Waals surface area contributed by atoms with E-state index in [1.165, 1.54) is 32.1 Å². The average molecular weight is 371 g/mol. The van der Waals surface area contributed by atoms with Crippen LogP contribution in [-0.2, 0) is 15.3 Å². The maximum absolute atomic E-state index is 9.71. The smallest absolute Gasteiger partial charge is 0.201 e. The summed E-state index contributed by atoms with van der Waals surface area (Å²) in [5.74, 6) is -0.527. The first-order chi connectivity index (χ1) is 13.2. The molecule has 148 valence electrons. The van der Waals surface area contributed by atoms with Crippen LogP contribution in [0, 0.1) is 0 Å². The minimum atomic E-state index is -0.846. The summed E-state index contributed by atoms with van der Waals surface area (Å²) in [6, 6.07) is 17.6. The van der Waals surface area contributed by atoms with Crippen LogP contribution in [0.1, 0.15) is 68.9 Å². The third kappa shape index (κ3) is 5.57. The van der Waals surface area contributed by atoms with E-state index < -0.39 is 5.79 Å². The minimum absolute atomic E-state index is 0.0432. The van der Waals surface area contributed by atoms with E-state index in [-0.39, 0.29) is 11.7 Å². The predicted molar refractivity (Wildman–Crippen MR) is 111 cm³/mol. The molecular weight excluding hydrogens is 336 g/mol. The Bertz CT molecular complexity index is 632. The first-order valence-electron chi connectivity index (χ1n) is 10.1. The van der Waals surface area contributed by atoms with Crippen LogP contribution in [0.25, 0.3) is 0 Å². The molecule has 1 N–H and O–H groups in total. The summed E-state index contributed by atoms with van der Waals surface area (Å²) >= 11 is 0. The molecule has 2 aromatic carbocycles. The van der Waals surface area contributed by atoms with Gasteiger partial charge in [0.25, 0.3) is 0 Å². The molecule has 0 bridgehead atoms. The van der Waals surface area contributed by atoms with Gasteiger partial charge in [0.15, 0.2) is 0 Å². The van der Waals surface area contributed by atoms with Crippen LogP contribution in [0.5, 0.6) is 5.75 Å². The number of ether oxygens (including phenoxy) is 2. The average Bonchev–Trinajstić information content (AvgIpc) is 2.72. The van der Waals surface area contributed by atoms with Crippen molar-refractivity contribution >= 4 is 0 Å². The molecule has 0 aliphatic rings. The molecule has 0 amide bonds. The Kier molecular flexibility index (Phi) is 8.83. The highest BCUT2D eigenvalue weighted by molar-refractivity contribution is 5.33. The van der Waals surface area contributed by atoms with Crippen LogP contribution in [-0.4, -0.2) is 19.3 Å². The second-order valence-electron chi connectivity index (χ2n) is 7.14. The number of unbranched alkanes of at least 4 members (excludes halogenated alkanes) is 5. The SMILES string of the molecule is CCCCCCCCC(c1ccc(O)cc1)C(OC)(OC)c1ccccc1. The van der Waals surface area contributed by atoms with Crippen LogP contribution in [0.4, 0.5) is 0 Å². The molecule has 0 saturated carbocycles. The van der Waals surface area contributed by atoms with Crippen molar-refractivity contribution in [2.75, 3.05) is 14.2 Å². The number of benzene rings is 2. The van der Waals surface area contributed by atoms with Gasteiger partial charge in [-0.25, -0.2) is 0 Å². The van der Waals surface area contributed by atoms with Crippen molar-refractivity contribution in [1.82, 2.24) is 0 Å². The Balaban J connectivity index is 2.27. The van der Waals surface area contributed by atoms with Gasteiger partial charge in [-0.2, -0.15) is 0 Å². The first kappa shape index (κ1) is 21.5. The third-order valence-corrected chi connectivity index (χ3v) is 5.38. The molecule has 0 fully saturated rings. The van der Waals surface area contributed by atoms with Crippen molar-refractivity contribution in [3.8, 4) is 5.75 Å². The molecule has 2 rings (SSSR count). The molecule has 27 heavy (non-hydrogen) atoms. The van der Waals surface area contributed by atoms with Gasteiger partial charge >= 0.3 is 0 Å². The van der Waals surface area contributed by atoms with E-state index in [0.717, 1.165) is 24.0 Å². The Labute approximate surface area is 164 Å². The summed E-state index contributed by atoms with van der Waals surface area (Å²) in [4.78, 5) is 0. The molecule has 0 aliphatic carbocycles. The number of phenolic OH excluding ortho intramolecular Hbond substituents is 1. The van der Waals surface area contributed by atoms with Gasteiger partial charge in [-0.05, 0) is 24.1 Å². The van der Waals surface area contributed by atoms with E-state index in [9.17, 15) is 5.11 Å². The topological polar surface area (TPSA) is 38.7 Å². The van der Waals surface area contributed by atoms with Gasteiger partial charge in [0.05, 0.1) is 0 Å². The molecule has 0 heterocycles. The van der Waals surface area contributed by atoms with Gasteiger partial charge in [0, 0.05) is 25.7 Å². The Hall–Kier alpha value is -1.84. The molecule has 2 aromatic rings. The quantitative estimate of drug-likeness (QED) is 0.348. The van der Waals surface area contributed by atoms with Gasteiger partial charge < -0.3 is 14.6 Å². The van der Waals surface area contributed by atoms with Crippen LogP contribution in [0.3, 0.4) is 0 Å². The van der Waals surface area contributed by atoms with Crippen LogP contribution in [0.15, 0.2) is 54.6 Å². The van der Waals surface area contributed by atoms with Gasteiger partial charge in [0.1, 0.15) is 5.75 Å². The fraction of sp³-hybridized carbons (Fsp3) is 0.500. The Morgan fingerprint density at radius 2 is 1.41 bits per heavy atom. The largest absolute Gasteiger partial charge is 0.508 e. The monoisotopic (exact) mass is 370 g/mol. The molecule has 0 saturated heterocycles. The lowest BCUT2D eigenvalue weighted by atomic mass is 9.81. The highest BCUT2D eigenvalue weighted by Crippen LogP contribution is 2.44. The van der Waals surface area contributed by atoms with E-state index in [4.69, 9.17) is 9.47 Å². The number of hydrogen-bond acceptors (Lipinski definition) is 3. The summed E-state index contributed by atoms with van der Waals surface area (Å²) in [7, 11) is 3.43. The Morgan fingerprint density at radius 3 is 2.00 bits per heavy atom. The zero-order chi connectivity index (χ0) is 19.5. The zero-order valence-electron chi connectivity index (χ0n) is 17.0. The lowest BCUT2D eigenvalue weighted by Crippen LogP contribution is -2.38. The fourth-order valence-corrected chi connectivity index (χ4v) is 3.89. The second-order valence-corrected chi connectivity index (χ2v) is 7.14. The lowest BCUT2D eigenvalue weighted by molar-refractivity contribution is -0.233. The molecular formula is C24H34O3. The highest BCUT2D eigenvalue weighted by atomic mass is 16.7. The van der Waals surface area contributed by atoms with Crippen molar-refractivity contribution in [2.45, 2.75) is 63.6 Å². The predicted octanol–water partition coefficient (Wildman–Crippen LogP) is 6.37. The molecule has 0 aromatic heterocycles. The first-order valence-corrected chi connectivity index (χ1v) is 10.1. The summed E-state index contributed by atoms with van der Waals surface area (Å²) < 4.78 is 12.1. The third-order valence-electron chi connectivity index (χ3n) is 5.38. The van der Waals surface area contributed by atoms with E-state index in [1.807, 2.05) is 30.3 Å². The van der Waals surface area contributed by atoms with Crippen LogP contribution >= 0.6 is 0 Å². The molecule has 1 atom stereocenters. The van der Waals surface area contributed by atoms with Crippen molar-refractivity contribution in [3.63, 3.8) is 0 Å². The summed E-state index contributed by atoms with van der Waals surface area (Å²) in [6.45, 7) is 2.24. The standard InChI is InChI=1S/C24H34O3/c1-4-5-6-7-8-12-15-23(20-16-18-22(25)19-17-20)24(26-2,27-3)21-13-10-9-11-14-21/h9-11,13-14,16-19,23,25H,4-8,12,15H2,1-3H3. The summed E-state index contributed by atoms with van der Waals surface area (Å²) in [5.41, 5.74) is 2.13. The normalized spacial score (nSPS) is 12.9. The van der Waals surface area contributed by atoms with Crippen molar-refractivity contribution in [2.24, 2.45) is 0 Å². The number of phenols is 1. The highest BCUT2D eigenvalue weighted by Gasteiger charge is 2.41. The molecule has 0 radical (unpaired) electrons. The zero-order valence-corrected chi connectivity index (χ0v) is 17.0. The molecule has 1 unspecified atom stereocenters. The molecule has 0 spiro atoms. The van der Waals surface area contributed by atoms with E-state index in [2.05, 4.69) is 19.1 Å². The van der Waals surface area contributed by atoms with Crippen LogP contribution < -0.4 is 0 Å². The van der Waals surface area contributed by atoms with E-state index in [1.54, 1.807) is 26.4 Å². The summed E-state index contributed by atoms with van der Waals surface area (Å²) in [5, 5.41) is 9.71. The summed E-state index contributed by atoms with van der Waals surface area (Å²) in [6.07, 6.45) is 8.45. The maximum atomic E-state index is 9.71. The lowest BCUT2D eigenvalue weighted by Gasteiger charge is -2.39. The number of methoxy groups -OCH3 is 2. The van der Waals surface area contributed by atoms with Gasteiger partial charge in [-0.1, -0.05) is 87.9 Å². The number of aromatic hydroxyl groups is 1. The Morgan fingerprint density at radius 1 is 0.815 bits per heavy atom. The van der Waals surface area contributed by atoms with Crippen molar-refractivity contribution in [1.29, 1.82) is 0 Å². The molecule has 3 heteroatoms. The van der Waals surface area contributed by atoms with Gasteiger partial charge in [-0.15, -0.1) is 0 Å². The van der Waals surface area contributed by atoms with Crippen molar-refractivity contribution < 1.29 is 14.6 Å². The maximum Gasteiger partial charge on any atom is 0.201 e. The minimum Gasteiger partial charge on any atom is -0.508 e. The molecule has 3 nitrogen and oxygen atoms in total. The number of rotatable bonds is 12. The number of hydrogen-bond donors (Lipinski definition) is 1. The van der Waals surface area contributed by atoms with Gasteiger partial charge in [-0.3, -0.25) is 0 Å². The fourth-order valence-electron chi connectivity index (χ4n) is 3.89. The van der Waals surface area contributed by atoms with Crippen LogP contribution in [0.2, 0.25) is 0 Å². The van der Waals surface area contributed by atoms with E-state index in [0.29, 0.717) is 0 Å². The molecule has 0 aliphatic heterocycles. The van der Waals surface area contributed by atoms with E-state index >= 15 is 0 Å².